The normalized spacial score (nSPS) is 13.5. The summed E-state index contributed by atoms with van der Waals surface area (Å²) in [5.74, 6) is 0. The molecule has 0 bridgehead atoms. The number of aromatic nitrogens is 3. The molecule has 0 amide bonds. The maximum atomic E-state index is 12.7. The second-order valence-corrected chi connectivity index (χ2v) is 9.26. The molecule has 0 aliphatic rings. The van der Waals surface area contributed by atoms with Crippen LogP contribution in [0.15, 0.2) is 66.1 Å². The third kappa shape index (κ3) is 4.43. The van der Waals surface area contributed by atoms with E-state index < -0.39 is 10.0 Å². The molecule has 6 nitrogen and oxygen atoms in total. The Morgan fingerprint density at radius 1 is 1.00 bits per heavy atom. The molecule has 7 heteroatoms. The maximum absolute atomic E-state index is 12.7. The molecule has 1 aromatic heterocycles. The Balaban J connectivity index is 1.75. The van der Waals surface area contributed by atoms with Gasteiger partial charge in [-0.05, 0) is 47.7 Å². The number of nitrogens with zero attached hydrogens (tertiary/aromatic N) is 3. The molecule has 0 aliphatic carbocycles. The Kier molecular flexibility index (Phi) is 5.17. The molecule has 142 valence electrons. The fourth-order valence-corrected chi connectivity index (χ4v) is 3.99. The van der Waals surface area contributed by atoms with Crippen LogP contribution in [0.3, 0.4) is 0 Å². The summed E-state index contributed by atoms with van der Waals surface area (Å²) in [5.41, 5.74) is 2.81. The van der Waals surface area contributed by atoms with Crippen molar-refractivity contribution in [1.29, 1.82) is 0 Å². The molecule has 3 aromatic rings. The minimum absolute atomic E-state index is 0.0190. The molecule has 3 rings (SSSR count). The van der Waals surface area contributed by atoms with E-state index in [1.807, 2.05) is 43.3 Å². The molecule has 0 fully saturated rings. The second kappa shape index (κ2) is 7.25. The molecule has 0 spiro atoms. The van der Waals surface area contributed by atoms with Crippen molar-refractivity contribution in [3.63, 3.8) is 0 Å². The van der Waals surface area contributed by atoms with Gasteiger partial charge in [-0.1, -0.05) is 45.0 Å². The third-order valence-electron chi connectivity index (χ3n) is 4.44. The molecule has 1 atom stereocenters. The first-order valence-corrected chi connectivity index (χ1v) is 10.2. The molecule has 0 saturated carbocycles. The second-order valence-electron chi connectivity index (χ2n) is 7.55. The van der Waals surface area contributed by atoms with E-state index in [0.29, 0.717) is 0 Å². The minimum Gasteiger partial charge on any atom is -0.223 e. The Labute approximate surface area is 160 Å². The van der Waals surface area contributed by atoms with Crippen molar-refractivity contribution in [2.45, 2.75) is 44.0 Å². The average molecular weight is 385 g/mol. The van der Waals surface area contributed by atoms with Crippen LogP contribution >= 0.6 is 0 Å². The van der Waals surface area contributed by atoms with Crippen LogP contribution < -0.4 is 4.72 Å². The van der Waals surface area contributed by atoms with Crippen LogP contribution in [0.4, 0.5) is 0 Å². The molecule has 1 N–H and O–H groups in total. The molecule has 27 heavy (non-hydrogen) atoms. The van der Waals surface area contributed by atoms with E-state index in [1.165, 1.54) is 6.33 Å². The van der Waals surface area contributed by atoms with E-state index >= 15 is 0 Å². The summed E-state index contributed by atoms with van der Waals surface area (Å²) in [4.78, 5) is 4.18. The minimum atomic E-state index is -3.60. The maximum Gasteiger partial charge on any atom is 0.241 e. The topological polar surface area (TPSA) is 76.9 Å². The lowest BCUT2D eigenvalue weighted by Crippen LogP contribution is -2.27. The van der Waals surface area contributed by atoms with Gasteiger partial charge in [0.05, 0.1) is 10.6 Å². The summed E-state index contributed by atoms with van der Waals surface area (Å²) in [6, 6.07) is 14.2. The van der Waals surface area contributed by atoms with Crippen molar-refractivity contribution >= 4 is 10.0 Å². The first-order valence-electron chi connectivity index (χ1n) is 8.75. The zero-order valence-corrected chi connectivity index (χ0v) is 16.7. The summed E-state index contributed by atoms with van der Waals surface area (Å²) >= 11 is 0. The van der Waals surface area contributed by atoms with Crippen molar-refractivity contribution in [1.82, 2.24) is 19.5 Å². The van der Waals surface area contributed by atoms with Gasteiger partial charge >= 0.3 is 0 Å². The lowest BCUT2D eigenvalue weighted by Gasteiger charge is -2.20. The highest BCUT2D eigenvalue weighted by molar-refractivity contribution is 7.89. The number of sulfonamides is 1. The third-order valence-corrected chi connectivity index (χ3v) is 6.00. The predicted molar refractivity (Wildman–Crippen MR) is 105 cm³/mol. The van der Waals surface area contributed by atoms with Gasteiger partial charge in [-0.2, -0.15) is 5.10 Å². The molecule has 0 saturated heterocycles. The van der Waals surface area contributed by atoms with E-state index in [9.17, 15) is 8.42 Å². The van der Waals surface area contributed by atoms with Crippen molar-refractivity contribution in [3.8, 4) is 5.69 Å². The number of benzene rings is 2. The van der Waals surface area contributed by atoms with Crippen molar-refractivity contribution in [2.24, 2.45) is 0 Å². The monoisotopic (exact) mass is 384 g/mol. The van der Waals surface area contributed by atoms with Gasteiger partial charge in [-0.15, -0.1) is 0 Å². The highest BCUT2D eigenvalue weighted by atomic mass is 32.2. The van der Waals surface area contributed by atoms with E-state index in [-0.39, 0.29) is 16.4 Å². The lowest BCUT2D eigenvalue weighted by molar-refractivity contribution is 0.565. The van der Waals surface area contributed by atoms with Crippen LogP contribution in [-0.4, -0.2) is 23.2 Å². The first kappa shape index (κ1) is 19.3. The van der Waals surface area contributed by atoms with Gasteiger partial charge in [0, 0.05) is 6.04 Å². The summed E-state index contributed by atoms with van der Waals surface area (Å²) < 4.78 is 29.8. The van der Waals surface area contributed by atoms with Crippen LogP contribution in [0, 0.1) is 0 Å². The van der Waals surface area contributed by atoms with Gasteiger partial charge in [-0.25, -0.2) is 22.8 Å². The van der Waals surface area contributed by atoms with Crippen LogP contribution in [-0.2, 0) is 15.4 Å². The lowest BCUT2D eigenvalue weighted by atomic mass is 9.87. The van der Waals surface area contributed by atoms with Crippen LogP contribution in [0.5, 0.6) is 0 Å². The Morgan fingerprint density at radius 2 is 1.63 bits per heavy atom. The standard InChI is InChI=1S/C20H24N4O2S/c1-15(16-5-9-18(10-6-16)24-14-21-13-22-24)23-27(25,26)19-11-7-17(8-12-19)20(2,3)4/h5-15,23H,1-4H3. The van der Waals surface area contributed by atoms with Gasteiger partial charge in [-0.3, -0.25) is 0 Å². The number of rotatable bonds is 5. The zero-order valence-electron chi connectivity index (χ0n) is 15.9. The Hall–Kier alpha value is -2.51. The van der Waals surface area contributed by atoms with Gasteiger partial charge in [0.25, 0.3) is 0 Å². The van der Waals surface area contributed by atoms with Crippen LogP contribution in [0.25, 0.3) is 5.69 Å². The van der Waals surface area contributed by atoms with Gasteiger partial charge in [0.1, 0.15) is 12.7 Å². The number of nitrogens with one attached hydrogen (secondary N) is 1. The summed E-state index contributed by atoms with van der Waals surface area (Å²) in [6.45, 7) is 8.12. The van der Waals surface area contributed by atoms with E-state index in [1.54, 1.807) is 23.1 Å². The van der Waals surface area contributed by atoms with Crippen molar-refractivity contribution < 1.29 is 8.42 Å². The molecular weight excluding hydrogens is 360 g/mol. The molecule has 0 radical (unpaired) electrons. The Morgan fingerprint density at radius 3 is 2.15 bits per heavy atom. The summed E-state index contributed by atoms with van der Waals surface area (Å²) in [7, 11) is -3.60. The molecular formula is C20H24N4O2S. The Bertz CT molecular complexity index is 988. The zero-order chi connectivity index (χ0) is 19.7. The van der Waals surface area contributed by atoms with Gasteiger partial charge in [0.15, 0.2) is 0 Å². The highest BCUT2D eigenvalue weighted by Gasteiger charge is 2.20. The van der Waals surface area contributed by atoms with E-state index in [0.717, 1.165) is 16.8 Å². The predicted octanol–water partition coefficient (Wildman–Crippen LogP) is 3.60. The quantitative estimate of drug-likeness (QED) is 0.729. The van der Waals surface area contributed by atoms with E-state index in [4.69, 9.17) is 0 Å². The molecule has 0 aliphatic heterocycles. The van der Waals surface area contributed by atoms with Crippen molar-refractivity contribution in [2.75, 3.05) is 0 Å². The smallest absolute Gasteiger partial charge is 0.223 e. The summed E-state index contributed by atoms with van der Waals surface area (Å²) in [6.07, 6.45) is 3.08. The fourth-order valence-electron chi connectivity index (χ4n) is 2.76. The molecule has 2 aromatic carbocycles. The van der Waals surface area contributed by atoms with Gasteiger partial charge in [0.2, 0.25) is 10.0 Å². The fraction of sp³-hybridized carbons (Fsp3) is 0.300. The summed E-state index contributed by atoms with van der Waals surface area (Å²) in [5, 5.41) is 4.08. The van der Waals surface area contributed by atoms with Crippen LogP contribution in [0.1, 0.15) is 44.9 Å². The SMILES string of the molecule is CC(NS(=O)(=O)c1ccc(C(C)(C)C)cc1)c1ccc(-n2cncn2)cc1. The van der Waals surface area contributed by atoms with E-state index in [2.05, 4.69) is 35.6 Å². The highest BCUT2D eigenvalue weighted by Crippen LogP contribution is 2.24. The average Bonchev–Trinajstić information content (AvgIpc) is 3.15. The number of hydrogen-bond acceptors (Lipinski definition) is 4. The first-order chi connectivity index (χ1) is 12.7. The molecule has 1 unspecified atom stereocenters. The largest absolute Gasteiger partial charge is 0.241 e. The number of hydrogen-bond donors (Lipinski definition) is 1. The molecule has 1 heterocycles. The van der Waals surface area contributed by atoms with Crippen LogP contribution in [0.2, 0.25) is 0 Å². The van der Waals surface area contributed by atoms with Crippen molar-refractivity contribution in [3.05, 3.63) is 72.3 Å². The van der Waals surface area contributed by atoms with Gasteiger partial charge < -0.3 is 0 Å².